The van der Waals surface area contributed by atoms with Gasteiger partial charge in [0, 0.05) is 0 Å². The number of aryl methyl sites for hydroxylation is 1. The fraction of sp³-hybridized carbons (Fsp3) is 0.583. The third-order valence-electron chi connectivity index (χ3n) is 6.29. The van der Waals surface area contributed by atoms with Crippen LogP contribution < -0.4 is 9.47 Å². The molecule has 0 amide bonds. The maximum atomic E-state index is 12.5. The highest BCUT2D eigenvalue weighted by Gasteiger charge is 2.31. The van der Waals surface area contributed by atoms with Gasteiger partial charge < -0.3 is 28.8 Å². The van der Waals surface area contributed by atoms with Crippen LogP contribution in [-0.2, 0) is 23.8 Å². The second-order valence-electron chi connectivity index (χ2n) is 8.67. The first kappa shape index (κ1) is 25.3. The molecule has 0 radical (unpaired) electrons. The summed E-state index contributed by atoms with van der Waals surface area (Å²) in [6, 6.07) is 4.82. The Balaban J connectivity index is 1.47. The molecule has 2 fully saturated rings. The van der Waals surface area contributed by atoms with E-state index < -0.39 is 12.3 Å². The molecule has 10 nitrogen and oxygen atoms in total. The quantitative estimate of drug-likeness (QED) is 0.463. The molecule has 1 N–H and O–H groups in total. The Morgan fingerprint density at radius 1 is 0.794 bits per heavy atom. The van der Waals surface area contributed by atoms with Crippen LogP contribution in [0.5, 0.6) is 11.5 Å². The first-order valence-corrected chi connectivity index (χ1v) is 11.4. The molecule has 0 spiro atoms. The van der Waals surface area contributed by atoms with Crippen LogP contribution in [0.15, 0.2) is 18.2 Å². The molecule has 34 heavy (non-hydrogen) atoms. The summed E-state index contributed by atoms with van der Waals surface area (Å²) >= 11 is 0. The van der Waals surface area contributed by atoms with E-state index in [0.29, 0.717) is 68.4 Å². The van der Waals surface area contributed by atoms with Gasteiger partial charge in [-0.2, -0.15) is 0 Å². The van der Waals surface area contributed by atoms with E-state index in [9.17, 15) is 19.2 Å². The van der Waals surface area contributed by atoms with Gasteiger partial charge in [0.05, 0.1) is 18.9 Å². The highest BCUT2D eigenvalue weighted by molar-refractivity contribution is 5.77. The Morgan fingerprint density at radius 2 is 1.32 bits per heavy atom. The summed E-state index contributed by atoms with van der Waals surface area (Å²) < 4.78 is 25.4. The van der Waals surface area contributed by atoms with Gasteiger partial charge in [0.15, 0.2) is 0 Å². The molecule has 186 valence electrons. The number of ether oxygens (including phenoxy) is 5. The van der Waals surface area contributed by atoms with Crippen molar-refractivity contribution >= 4 is 24.2 Å². The number of methoxy groups -OCH3 is 1. The van der Waals surface area contributed by atoms with Crippen LogP contribution in [-0.4, -0.2) is 48.7 Å². The molecule has 0 atom stereocenters. The molecule has 0 unspecified atom stereocenters. The molecule has 1 aromatic rings. The highest BCUT2D eigenvalue weighted by Crippen LogP contribution is 2.31. The molecule has 0 bridgehead atoms. The summed E-state index contributed by atoms with van der Waals surface area (Å²) in [4.78, 5) is 46.9. The minimum absolute atomic E-state index is 0.257. The molecular formula is C24H30O10. The molecule has 2 aliphatic carbocycles. The molecule has 1 aromatic carbocycles. The minimum Gasteiger partial charge on any atom is -0.450 e. The van der Waals surface area contributed by atoms with Crippen molar-refractivity contribution in [3.63, 3.8) is 0 Å². The fourth-order valence-corrected chi connectivity index (χ4v) is 4.35. The van der Waals surface area contributed by atoms with Crippen LogP contribution in [0.1, 0.15) is 56.9 Å². The molecule has 0 aliphatic heterocycles. The third kappa shape index (κ3) is 7.10. The molecule has 0 heterocycles. The summed E-state index contributed by atoms with van der Waals surface area (Å²) in [5.74, 6) is -0.566. The molecule has 0 saturated heterocycles. The van der Waals surface area contributed by atoms with Gasteiger partial charge in [-0.05, 0) is 82.1 Å². The van der Waals surface area contributed by atoms with Crippen LogP contribution >= 0.6 is 0 Å². The lowest BCUT2D eigenvalue weighted by atomic mass is 9.87. The van der Waals surface area contributed by atoms with Crippen LogP contribution in [0.3, 0.4) is 0 Å². The Morgan fingerprint density at radius 3 is 1.82 bits per heavy atom. The van der Waals surface area contributed by atoms with Crippen molar-refractivity contribution in [2.75, 3.05) is 7.11 Å². The lowest BCUT2D eigenvalue weighted by Gasteiger charge is -2.26. The zero-order valence-electron chi connectivity index (χ0n) is 19.3. The van der Waals surface area contributed by atoms with Gasteiger partial charge in [-0.3, -0.25) is 9.59 Å². The van der Waals surface area contributed by atoms with E-state index >= 15 is 0 Å². The van der Waals surface area contributed by atoms with Crippen molar-refractivity contribution in [3.8, 4) is 11.5 Å². The van der Waals surface area contributed by atoms with Crippen molar-refractivity contribution in [2.45, 2.75) is 70.5 Å². The number of carboxylic acid groups (broad SMARTS) is 1. The SMILES string of the molecule is COC(=O)OC1CCC(C(=O)Oc2ccc(OC(=O)C3CCC(OC(=O)O)CC3)c(C)c2)CC1. The van der Waals surface area contributed by atoms with Crippen LogP contribution in [0.25, 0.3) is 0 Å². The van der Waals surface area contributed by atoms with E-state index in [1.807, 2.05) is 0 Å². The lowest BCUT2D eigenvalue weighted by Crippen LogP contribution is -2.30. The molecular weight excluding hydrogens is 448 g/mol. The predicted octanol–water partition coefficient (Wildman–Crippen LogP) is 4.40. The number of esters is 2. The largest absolute Gasteiger partial charge is 0.508 e. The fourth-order valence-electron chi connectivity index (χ4n) is 4.35. The Labute approximate surface area is 197 Å². The first-order chi connectivity index (χ1) is 16.2. The van der Waals surface area contributed by atoms with Gasteiger partial charge in [-0.1, -0.05) is 0 Å². The standard InChI is InChI=1S/C24H30O10/c1-14-13-19(31-21(25)15-5-9-18(10-6-15)33-24(29)30-2)11-12-20(14)34-22(26)16-3-7-17(8-4-16)32-23(27)28/h11-13,15-18H,3-10H2,1-2H3,(H,27,28). The summed E-state index contributed by atoms with van der Waals surface area (Å²) in [6.45, 7) is 1.76. The van der Waals surface area contributed by atoms with Crippen molar-refractivity contribution in [1.82, 2.24) is 0 Å². The maximum Gasteiger partial charge on any atom is 0.508 e. The van der Waals surface area contributed by atoms with Crippen LogP contribution in [0, 0.1) is 18.8 Å². The minimum atomic E-state index is -1.30. The topological polar surface area (TPSA) is 135 Å². The van der Waals surface area contributed by atoms with Gasteiger partial charge in [0.2, 0.25) is 0 Å². The summed E-state index contributed by atoms with van der Waals surface area (Å²) in [5, 5.41) is 8.70. The number of benzene rings is 1. The lowest BCUT2D eigenvalue weighted by molar-refractivity contribution is -0.142. The average Bonchev–Trinajstić information content (AvgIpc) is 2.81. The number of carbonyl (C=O) groups excluding carboxylic acids is 3. The summed E-state index contributed by atoms with van der Waals surface area (Å²) in [5.41, 5.74) is 0.650. The Kier molecular flexibility index (Phi) is 8.72. The molecule has 2 aliphatic rings. The zero-order valence-corrected chi connectivity index (χ0v) is 19.3. The van der Waals surface area contributed by atoms with Gasteiger partial charge in [-0.25, -0.2) is 9.59 Å². The maximum absolute atomic E-state index is 12.5. The van der Waals surface area contributed by atoms with E-state index in [-0.39, 0.29) is 36.0 Å². The van der Waals surface area contributed by atoms with E-state index in [2.05, 4.69) is 4.74 Å². The summed E-state index contributed by atoms with van der Waals surface area (Å²) in [6.07, 6.45) is 1.53. The second kappa shape index (κ2) is 11.7. The van der Waals surface area contributed by atoms with Crippen molar-refractivity contribution in [3.05, 3.63) is 23.8 Å². The summed E-state index contributed by atoms with van der Waals surface area (Å²) in [7, 11) is 1.25. The number of rotatable bonds is 6. The van der Waals surface area contributed by atoms with E-state index in [4.69, 9.17) is 24.1 Å². The van der Waals surface area contributed by atoms with E-state index in [1.54, 1.807) is 25.1 Å². The van der Waals surface area contributed by atoms with Gasteiger partial charge in [-0.15, -0.1) is 0 Å². The van der Waals surface area contributed by atoms with Crippen molar-refractivity contribution < 1.29 is 48.0 Å². The Bertz CT molecular complexity index is 895. The van der Waals surface area contributed by atoms with Crippen LogP contribution in [0.2, 0.25) is 0 Å². The zero-order chi connectivity index (χ0) is 24.7. The smallest absolute Gasteiger partial charge is 0.450 e. The van der Waals surface area contributed by atoms with Gasteiger partial charge in [0.1, 0.15) is 23.7 Å². The monoisotopic (exact) mass is 478 g/mol. The molecule has 3 rings (SSSR count). The molecule has 0 aromatic heterocycles. The third-order valence-corrected chi connectivity index (χ3v) is 6.29. The average molecular weight is 478 g/mol. The Hall–Kier alpha value is -3.30. The normalized spacial score (nSPS) is 24.4. The van der Waals surface area contributed by atoms with Gasteiger partial charge in [0.25, 0.3) is 0 Å². The first-order valence-electron chi connectivity index (χ1n) is 11.4. The highest BCUT2D eigenvalue weighted by atomic mass is 16.7. The molecule has 2 saturated carbocycles. The number of hydrogen-bond donors (Lipinski definition) is 1. The van der Waals surface area contributed by atoms with E-state index in [1.165, 1.54) is 7.11 Å². The van der Waals surface area contributed by atoms with E-state index in [0.717, 1.165) is 0 Å². The predicted molar refractivity (Wildman–Crippen MR) is 117 cm³/mol. The number of hydrogen-bond acceptors (Lipinski definition) is 9. The van der Waals surface area contributed by atoms with Crippen molar-refractivity contribution in [1.29, 1.82) is 0 Å². The number of carbonyl (C=O) groups is 4. The molecule has 10 heteroatoms. The van der Waals surface area contributed by atoms with Gasteiger partial charge >= 0.3 is 24.2 Å². The second-order valence-corrected chi connectivity index (χ2v) is 8.67. The van der Waals surface area contributed by atoms with Crippen LogP contribution in [0.4, 0.5) is 9.59 Å². The van der Waals surface area contributed by atoms with Crippen molar-refractivity contribution in [2.24, 2.45) is 11.8 Å².